The predicted octanol–water partition coefficient (Wildman–Crippen LogP) is 0.520. The highest BCUT2D eigenvalue weighted by atomic mass is 16.2. The number of aromatic nitrogens is 2. The molecule has 0 unspecified atom stereocenters. The summed E-state index contributed by atoms with van der Waals surface area (Å²) in [6.07, 6.45) is 2.74. The summed E-state index contributed by atoms with van der Waals surface area (Å²) in [6.45, 7) is 1.91. The Morgan fingerprint density at radius 1 is 1.35 bits per heavy atom. The van der Waals surface area contributed by atoms with E-state index in [1.807, 2.05) is 31.2 Å². The molecule has 0 atom stereocenters. The van der Waals surface area contributed by atoms with Crippen molar-refractivity contribution < 1.29 is 9.59 Å². The SMILES string of the molecule is CNC(=O)c1[nH]cnc1NN=C(C#N)C(=O)NN=Cc1ccccc1C. The van der Waals surface area contributed by atoms with Crippen LogP contribution in [0.4, 0.5) is 5.82 Å². The molecule has 0 saturated heterocycles. The minimum Gasteiger partial charge on any atom is -0.354 e. The van der Waals surface area contributed by atoms with E-state index in [0.717, 1.165) is 11.1 Å². The zero-order valence-corrected chi connectivity index (χ0v) is 14.1. The maximum Gasteiger partial charge on any atom is 0.302 e. The van der Waals surface area contributed by atoms with Gasteiger partial charge in [0, 0.05) is 7.05 Å². The number of nitrogens with one attached hydrogen (secondary N) is 4. The molecule has 26 heavy (non-hydrogen) atoms. The lowest BCUT2D eigenvalue weighted by Crippen LogP contribution is -2.27. The van der Waals surface area contributed by atoms with Crippen molar-refractivity contribution in [1.29, 1.82) is 5.26 Å². The van der Waals surface area contributed by atoms with Crippen LogP contribution in [-0.2, 0) is 4.79 Å². The second kappa shape index (κ2) is 8.74. The summed E-state index contributed by atoms with van der Waals surface area (Å²) in [4.78, 5) is 30.1. The molecule has 2 aromatic rings. The quantitative estimate of drug-likeness (QED) is 0.442. The van der Waals surface area contributed by atoms with Crippen molar-refractivity contribution in [2.45, 2.75) is 6.92 Å². The average molecular weight is 352 g/mol. The summed E-state index contributed by atoms with van der Waals surface area (Å²) in [6, 6.07) is 9.12. The lowest BCUT2D eigenvalue weighted by Gasteiger charge is -2.02. The lowest BCUT2D eigenvalue weighted by atomic mass is 10.1. The third-order valence-corrected chi connectivity index (χ3v) is 3.25. The maximum absolute atomic E-state index is 12.0. The fraction of sp³-hybridized carbons (Fsp3) is 0.125. The number of amides is 2. The summed E-state index contributed by atoms with van der Waals surface area (Å²) < 4.78 is 0. The zero-order chi connectivity index (χ0) is 18.9. The van der Waals surface area contributed by atoms with E-state index in [4.69, 9.17) is 5.26 Å². The minimum atomic E-state index is -0.804. The van der Waals surface area contributed by atoms with Gasteiger partial charge in [-0.05, 0) is 18.1 Å². The highest BCUT2D eigenvalue weighted by Crippen LogP contribution is 2.08. The number of aromatic amines is 1. The van der Waals surface area contributed by atoms with Gasteiger partial charge < -0.3 is 10.3 Å². The predicted molar refractivity (Wildman–Crippen MR) is 95.6 cm³/mol. The molecule has 0 aliphatic carbocycles. The van der Waals surface area contributed by atoms with Crippen LogP contribution in [0.1, 0.15) is 21.6 Å². The van der Waals surface area contributed by atoms with E-state index in [9.17, 15) is 9.59 Å². The van der Waals surface area contributed by atoms with Gasteiger partial charge in [-0.2, -0.15) is 15.5 Å². The number of carbonyl (C=O) groups is 2. The van der Waals surface area contributed by atoms with Crippen molar-refractivity contribution in [3.05, 3.63) is 47.4 Å². The van der Waals surface area contributed by atoms with E-state index in [1.165, 1.54) is 19.6 Å². The van der Waals surface area contributed by atoms with Crippen molar-refractivity contribution in [2.75, 3.05) is 12.5 Å². The number of nitriles is 1. The van der Waals surface area contributed by atoms with Gasteiger partial charge in [0.1, 0.15) is 11.8 Å². The molecule has 0 aliphatic heterocycles. The van der Waals surface area contributed by atoms with Gasteiger partial charge in [0.15, 0.2) is 5.82 Å². The molecule has 1 aromatic carbocycles. The van der Waals surface area contributed by atoms with E-state index in [0.29, 0.717) is 0 Å². The van der Waals surface area contributed by atoms with Crippen LogP contribution in [0.3, 0.4) is 0 Å². The first-order valence-electron chi connectivity index (χ1n) is 7.45. The first-order valence-corrected chi connectivity index (χ1v) is 7.45. The molecule has 0 aliphatic rings. The van der Waals surface area contributed by atoms with Gasteiger partial charge in [-0.15, -0.1) is 0 Å². The van der Waals surface area contributed by atoms with Crippen molar-refractivity contribution >= 4 is 29.6 Å². The van der Waals surface area contributed by atoms with Gasteiger partial charge in [-0.3, -0.25) is 15.0 Å². The summed E-state index contributed by atoms with van der Waals surface area (Å²) in [7, 11) is 1.46. The van der Waals surface area contributed by atoms with Crippen LogP contribution in [0, 0.1) is 18.3 Å². The van der Waals surface area contributed by atoms with E-state index in [1.54, 1.807) is 6.07 Å². The largest absolute Gasteiger partial charge is 0.354 e. The summed E-state index contributed by atoms with van der Waals surface area (Å²) >= 11 is 0. The van der Waals surface area contributed by atoms with Crippen LogP contribution in [0.25, 0.3) is 0 Å². The Kier molecular flexibility index (Phi) is 6.17. The highest BCUT2D eigenvalue weighted by Gasteiger charge is 2.14. The molecule has 0 spiro atoms. The fourth-order valence-electron chi connectivity index (χ4n) is 1.86. The van der Waals surface area contributed by atoms with Gasteiger partial charge in [0.25, 0.3) is 5.91 Å². The number of benzene rings is 1. The molecule has 0 fully saturated rings. The van der Waals surface area contributed by atoms with Crippen LogP contribution in [-0.4, -0.2) is 40.8 Å². The van der Waals surface area contributed by atoms with E-state index in [2.05, 4.69) is 36.3 Å². The van der Waals surface area contributed by atoms with Crippen LogP contribution in [0.15, 0.2) is 40.8 Å². The van der Waals surface area contributed by atoms with Crippen LogP contribution in [0.5, 0.6) is 0 Å². The Bertz CT molecular complexity index is 907. The van der Waals surface area contributed by atoms with Gasteiger partial charge in [0.05, 0.1) is 12.5 Å². The molecule has 10 nitrogen and oxygen atoms in total. The Labute approximate surface area is 149 Å². The number of rotatable bonds is 6. The Hall–Kier alpha value is -4.00. The van der Waals surface area contributed by atoms with Gasteiger partial charge in [-0.1, -0.05) is 24.3 Å². The van der Waals surface area contributed by atoms with Crippen molar-refractivity contribution in [1.82, 2.24) is 20.7 Å². The number of nitrogens with zero attached hydrogens (tertiary/aromatic N) is 4. The Morgan fingerprint density at radius 2 is 2.12 bits per heavy atom. The number of hydrogen-bond acceptors (Lipinski definition) is 7. The van der Waals surface area contributed by atoms with Gasteiger partial charge in [-0.25, -0.2) is 10.4 Å². The molecule has 1 heterocycles. The highest BCUT2D eigenvalue weighted by molar-refractivity contribution is 6.45. The summed E-state index contributed by atoms with van der Waals surface area (Å²) in [5.74, 6) is -1.15. The third-order valence-electron chi connectivity index (χ3n) is 3.25. The fourth-order valence-corrected chi connectivity index (χ4v) is 1.86. The molecular formula is C16H16N8O2. The number of H-pyrrole nitrogens is 1. The van der Waals surface area contributed by atoms with E-state index >= 15 is 0 Å². The van der Waals surface area contributed by atoms with Crippen molar-refractivity contribution in [3.63, 3.8) is 0 Å². The number of hydrogen-bond donors (Lipinski definition) is 4. The van der Waals surface area contributed by atoms with Crippen LogP contribution < -0.4 is 16.2 Å². The molecule has 0 saturated carbocycles. The van der Waals surface area contributed by atoms with Crippen LogP contribution in [0.2, 0.25) is 0 Å². The topological polar surface area (TPSA) is 147 Å². The summed E-state index contributed by atoms with van der Waals surface area (Å²) in [5, 5.41) is 19.0. The van der Waals surface area contributed by atoms with Crippen molar-refractivity contribution in [2.24, 2.45) is 10.2 Å². The second-order valence-corrected chi connectivity index (χ2v) is 4.94. The molecule has 132 valence electrons. The first kappa shape index (κ1) is 18.3. The zero-order valence-electron chi connectivity index (χ0n) is 14.1. The van der Waals surface area contributed by atoms with Crippen molar-refractivity contribution in [3.8, 4) is 6.07 Å². The normalized spacial score (nSPS) is 11.0. The maximum atomic E-state index is 12.0. The number of aryl methyl sites for hydroxylation is 1. The minimum absolute atomic E-state index is 0.0771. The monoisotopic (exact) mass is 352 g/mol. The van der Waals surface area contributed by atoms with Gasteiger partial charge in [0.2, 0.25) is 5.71 Å². The lowest BCUT2D eigenvalue weighted by molar-refractivity contribution is -0.114. The number of imidazole rings is 1. The third kappa shape index (κ3) is 4.51. The molecule has 1 aromatic heterocycles. The second-order valence-electron chi connectivity index (χ2n) is 4.94. The van der Waals surface area contributed by atoms with E-state index < -0.39 is 17.5 Å². The molecular weight excluding hydrogens is 336 g/mol. The molecule has 2 rings (SSSR count). The average Bonchev–Trinajstić information content (AvgIpc) is 3.11. The molecule has 4 N–H and O–H groups in total. The molecule has 0 bridgehead atoms. The standard InChI is InChI=1S/C16H16N8O2/c1-10-5-3-4-6-11(10)8-21-24-15(25)12(7-17)22-23-14-13(16(26)18-2)19-9-20-14/h3-6,8-9,23H,1-2H3,(H,18,26)(H,19,20)(H,24,25). The number of carbonyl (C=O) groups excluding carboxylic acids is 2. The Morgan fingerprint density at radius 3 is 2.81 bits per heavy atom. The smallest absolute Gasteiger partial charge is 0.302 e. The molecule has 2 amide bonds. The Balaban J connectivity index is 2.04. The number of anilines is 1. The van der Waals surface area contributed by atoms with Gasteiger partial charge >= 0.3 is 5.91 Å². The number of hydrazone groups is 2. The summed E-state index contributed by atoms with van der Waals surface area (Å²) in [5.41, 5.74) is 6.08. The van der Waals surface area contributed by atoms with Crippen LogP contribution >= 0.6 is 0 Å². The molecule has 10 heteroatoms. The first-order chi connectivity index (χ1) is 12.6. The van der Waals surface area contributed by atoms with E-state index in [-0.39, 0.29) is 11.5 Å². The molecule has 0 radical (unpaired) electrons.